The molecular formula is C12H16Cl2N2O. The van der Waals surface area contributed by atoms with E-state index in [2.05, 4.69) is 9.88 Å². The van der Waals surface area contributed by atoms with E-state index < -0.39 is 0 Å². The van der Waals surface area contributed by atoms with Crippen LogP contribution in [0.25, 0.3) is 0 Å². The zero-order valence-electron chi connectivity index (χ0n) is 9.57. The number of aliphatic hydroxyl groups is 1. The fraction of sp³-hybridized carbons (Fsp3) is 0.583. The molecule has 1 aliphatic rings. The van der Waals surface area contributed by atoms with Crippen LogP contribution in [0, 0.1) is 5.92 Å². The van der Waals surface area contributed by atoms with Gasteiger partial charge in [-0.25, -0.2) is 0 Å². The lowest BCUT2D eigenvalue weighted by Gasteiger charge is -2.31. The first-order chi connectivity index (χ1) is 8.19. The van der Waals surface area contributed by atoms with Gasteiger partial charge in [0, 0.05) is 25.9 Å². The fourth-order valence-corrected chi connectivity index (χ4v) is 2.65. The number of pyridine rings is 1. The zero-order chi connectivity index (χ0) is 12.3. The van der Waals surface area contributed by atoms with Gasteiger partial charge in [-0.3, -0.25) is 9.88 Å². The molecule has 1 fully saturated rings. The largest absolute Gasteiger partial charge is 0.396 e. The highest BCUT2D eigenvalue weighted by molar-refractivity contribution is 6.34. The highest BCUT2D eigenvalue weighted by Gasteiger charge is 2.20. The molecule has 0 amide bonds. The van der Waals surface area contributed by atoms with E-state index in [-0.39, 0.29) is 6.61 Å². The van der Waals surface area contributed by atoms with E-state index in [0.29, 0.717) is 16.0 Å². The molecule has 17 heavy (non-hydrogen) atoms. The van der Waals surface area contributed by atoms with Gasteiger partial charge in [0.2, 0.25) is 0 Å². The average Bonchev–Trinajstić information content (AvgIpc) is 2.33. The molecular weight excluding hydrogens is 259 g/mol. The van der Waals surface area contributed by atoms with Gasteiger partial charge in [-0.15, -0.1) is 0 Å². The molecule has 1 atom stereocenters. The smallest absolute Gasteiger partial charge is 0.0730 e. The summed E-state index contributed by atoms with van der Waals surface area (Å²) >= 11 is 11.9. The van der Waals surface area contributed by atoms with Gasteiger partial charge in [-0.2, -0.15) is 0 Å². The number of nitrogens with zero attached hydrogens (tertiary/aromatic N) is 2. The zero-order valence-corrected chi connectivity index (χ0v) is 11.1. The van der Waals surface area contributed by atoms with Crippen molar-refractivity contribution in [1.82, 2.24) is 9.88 Å². The van der Waals surface area contributed by atoms with Gasteiger partial charge in [0.05, 0.1) is 15.7 Å². The number of aliphatic hydroxyl groups excluding tert-OH is 1. The molecule has 5 heteroatoms. The van der Waals surface area contributed by atoms with Crippen LogP contribution in [-0.4, -0.2) is 34.7 Å². The fourth-order valence-electron chi connectivity index (χ4n) is 2.21. The van der Waals surface area contributed by atoms with Crippen LogP contribution in [0.1, 0.15) is 18.5 Å². The van der Waals surface area contributed by atoms with Gasteiger partial charge < -0.3 is 5.11 Å². The second-order valence-corrected chi connectivity index (χ2v) is 5.35. The summed E-state index contributed by atoms with van der Waals surface area (Å²) in [6.45, 7) is 2.94. The first kappa shape index (κ1) is 13.1. The summed E-state index contributed by atoms with van der Waals surface area (Å²) in [7, 11) is 0. The van der Waals surface area contributed by atoms with Crippen LogP contribution in [0.2, 0.25) is 10.0 Å². The Labute approximate surface area is 111 Å². The Morgan fingerprint density at radius 1 is 1.47 bits per heavy atom. The summed E-state index contributed by atoms with van der Waals surface area (Å²) in [6, 6.07) is 1.72. The van der Waals surface area contributed by atoms with Crippen molar-refractivity contribution in [3.63, 3.8) is 0 Å². The van der Waals surface area contributed by atoms with E-state index in [1.165, 1.54) is 0 Å². The van der Waals surface area contributed by atoms with E-state index in [4.69, 9.17) is 23.2 Å². The molecule has 0 bridgehead atoms. The van der Waals surface area contributed by atoms with E-state index in [0.717, 1.165) is 38.2 Å². The molecule has 2 heterocycles. The van der Waals surface area contributed by atoms with E-state index in [9.17, 15) is 5.11 Å². The summed E-state index contributed by atoms with van der Waals surface area (Å²) in [6.07, 6.45) is 3.85. The van der Waals surface area contributed by atoms with Gasteiger partial charge in [0.15, 0.2) is 0 Å². The Morgan fingerprint density at radius 3 is 3.00 bits per heavy atom. The molecule has 0 saturated carbocycles. The summed E-state index contributed by atoms with van der Waals surface area (Å²) in [5.41, 5.74) is 0.856. The molecule has 1 unspecified atom stereocenters. The van der Waals surface area contributed by atoms with Crippen LogP contribution in [0.3, 0.4) is 0 Å². The minimum absolute atomic E-state index is 0.262. The Kier molecular flexibility index (Phi) is 4.62. The number of aromatic nitrogens is 1. The molecule has 1 saturated heterocycles. The first-order valence-electron chi connectivity index (χ1n) is 5.82. The Balaban J connectivity index is 2.00. The minimum Gasteiger partial charge on any atom is -0.396 e. The molecule has 1 aromatic rings. The number of hydrogen-bond acceptors (Lipinski definition) is 3. The highest BCUT2D eigenvalue weighted by Crippen LogP contribution is 2.22. The van der Waals surface area contributed by atoms with Crippen molar-refractivity contribution < 1.29 is 5.11 Å². The third-order valence-corrected chi connectivity index (χ3v) is 3.65. The summed E-state index contributed by atoms with van der Waals surface area (Å²) < 4.78 is 0. The van der Waals surface area contributed by atoms with Crippen molar-refractivity contribution in [1.29, 1.82) is 0 Å². The van der Waals surface area contributed by atoms with Crippen molar-refractivity contribution >= 4 is 23.2 Å². The summed E-state index contributed by atoms with van der Waals surface area (Å²) in [5, 5.41) is 10.4. The second-order valence-electron chi connectivity index (χ2n) is 4.51. The van der Waals surface area contributed by atoms with Crippen molar-refractivity contribution in [2.45, 2.75) is 19.4 Å². The number of halogens is 2. The maximum atomic E-state index is 9.18. The third kappa shape index (κ3) is 3.55. The maximum absolute atomic E-state index is 9.18. The number of rotatable bonds is 3. The van der Waals surface area contributed by atoms with Crippen molar-refractivity contribution in [3.8, 4) is 0 Å². The Morgan fingerprint density at radius 2 is 2.29 bits per heavy atom. The third-order valence-electron chi connectivity index (χ3n) is 3.12. The van der Waals surface area contributed by atoms with E-state index >= 15 is 0 Å². The van der Waals surface area contributed by atoms with Gasteiger partial charge in [0.25, 0.3) is 0 Å². The van der Waals surface area contributed by atoms with Crippen LogP contribution in [0.5, 0.6) is 0 Å². The van der Waals surface area contributed by atoms with Crippen molar-refractivity contribution in [3.05, 3.63) is 28.0 Å². The highest BCUT2D eigenvalue weighted by atomic mass is 35.5. The summed E-state index contributed by atoms with van der Waals surface area (Å²) in [5.74, 6) is 0.384. The van der Waals surface area contributed by atoms with Crippen molar-refractivity contribution in [2.75, 3.05) is 19.7 Å². The van der Waals surface area contributed by atoms with E-state index in [1.807, 2.05) is 0 Å². The van der Waals surface area contributed by atoms with Gasteiger partial charge >= 0.3 is 0 Å². The lowest BCUT2D eigenvalue weighted by molar-refractivity contribution is 0.115. The first-order valence-corrected chi connectivity index (χ1v) is 6.57. The predicted molar refractivity (Wildman–Crippen MR) is 69.3 cm³/mol. The maximum Gasteiger partial charge on any atom is 0.0730 e. The number of hydrogen-bond donors (Lipinski definition) is 1. The quantitative estimate of drug-likeness (QED) is 0.921. The normalized spacial score (nSPS) is 21.7. The second kappa shape index (κ2) is 6.01. The molecule has 1 N–H and O–H groups in total. The molecule has 2 rings (SSSR count). The lowest BCUT2D eigenvalue weighted by atomic mass is 9.99. The molecule has 0 aromatic carbocycles. The van der Waals surface area contributed by atoms with Gasteiger partial charge in [-0.05, 0) is 31.4 Å². The van der Waals surface area contributed by atoms with Gasteiger partial charge in [-0.1, -0.05) is 23.2 Å². The van der Waals surface area contributed by atoms with E-state index in [1.54, 1.807) is 12.3 Å². The Hall–Kier alpha value is -0.350. The summed E-state index contributed by atoms with van der Waals surface area (Å²) in [4.78, 5) is 6.54. The standard InChI is InChI=1S/C12H16Cl2N2O/c13-10-4-11(14)12(15-5-10)7-16-3-1-2-9(6-16)8-17/h4-5,9,17H,1-3,6-8H2. The topological polar surface area (TPSA) is 36.4 Å². The van der Waals surface area contributed by atoms with Crippen LogP contribution < -0.4 is 0 Å². The predicted octanol–water partition coefficient (Wildman–Crippen LogP) is 2.59. The Bertz CT molecular complexity index is 387. The average molecular weight is 275 g/mol. The molecule has 0 spiro atoms. The number of piperidine rings is 1. The van der Waals surface area contributed by atoms with Crippen LogP contribution in [0.15, 0.2) is 12.3 Å². The lowest BCUT2D eigenvalue weighted by Crippen LogP contribution is -2.36. The molecule has 0 aliphatic carbocycles. The molecule has 3 nitrogen and oxygen atoms in total. The van der Waals surface area contributed by atoms with Crippen molar-refractivity contribution in [2.24, 2.45) is 5.92 Å². The van der Waals surface area contributed by atoms with Crippen LogP contribution in [-0.2, 0) is 6.54 Å². The molecule has 1 aromatic heterocycles. The van der Waals surface area contributed by atoms with Crippen LogP contribution in [0.4, 0.5) is 0 Å². The SMILES string of the molecule is OCC1CCCN(Cc2ncc(Cl)cc2Cl)C1. The monoisotopic (exact) mass is 274 g/mol. The molecule has 0 radical (unpaired) electrons. The van der Waals surface area contributed by atoms with Crippen LogP contribution >= 0.6 is 23.2 Å². The van der Waals surface area contributed by atoms with Gasteiger partial charge in [0.1, 0.15) is 0 Å². The number of likely N-dealkylation sites (tertiary alicyclic amines) is 1. The molecule has 1 aliphatic heterocycles. The molecule has 94 valence electrons. The minimum atomic E-state index is 0.262.